The Balaban J connectivity index is 1.90. The lowest BCUT2D eigenvalue weighted by Gasteiger charge is -2.12. The molecule has 0 heterocycles. The van der Waals surface area contributed by atoms with Crippen molar-refractivity contribution in [2.45, 2.75) is 13.0 Å². The molecule has 2 rings (SSSR count). The molecule has 0 saturated heterocycles. The molecule has 0 radical (unpaired) electrons. The van der Waals surface area contributed by atoms with Crippen LogP contribution in [-0.4, -0.2) is 23.1 Å². The second-order valence-electron chi connectivity index (χ2n) is 4.80. The van der Waals surface area contributed by atoms with Gasteiger partial charge >= 0.3 is 0 Å². The van der Waals surface area contributed by atoms with Crippen LogP contribution < -0.4 is 10.2 Å². The second kappa shape index (κ2) is 8.07. The highest BCUT2D eigenvalue weighted by molar-refractivity contribution is 6.30. The molecule has 0 saturated carbocycles. The number of nitro groups is 1. The van der Waals surface area contributed by atoms with E-state index in [4.69, 9.17) is 16.3 Å². The van der Waals surface area contributed by atoms with Crippen LogP contribution in [0.25, 0.3) is 0 Å². The van der Waals surface area contributed by atoms with E-state index >= 15 is 0 Å². The maximum absolute atomic E-state index is 11.9. The lowest BCUT2D eigenvalue weighted by atomic mass is 10.2. The van der Waals surface area contributed by atoms with E-state index in [1.807, 2.05) is 0 Å². The molecular weight excluding hydrogens is 334 g/mol. The predicted octanol–water partition coefficient (Wildman–Crippen LogP) is 3.17. The summed E-state index contributed by atoms with van der Waals surface area (Å²) in [5, 5.41) is 15.0. The number of carbonyl (C=O) groups excluding carboxylic acids is 1. The Kier molecular flexibility index (Phi) is 5.86. The molecule has 7 nitrogen and oxygen atoms in total. The Morgan fingerprint density at radius 1 is 1.33 bits per heavy atom. The van der Waals surface area contributed by atoms with Gasteiger partial charge in [0.15, 0.2) is 6.10 Å². The molecule has 0 aliphatic heterocycles. The highest BCUT2D eigenvalue weighted by atomic mass is 35.5. The van der Waals surface area contributed by atoms with Gasteiger partial charge in [-0.2, -0.15) is 5.10 Å². The van der Waals surface area contributed by atoms with Gasteiger partial charge in [0.1, 0.15) is 5.75 Å². The van der Waals surface area contributed by atoms with Gasteiger partial charge in [0, 0.05) is 22.7 Å². The van der Waals surface area contributed by atoms with E-state index in [1.165, 1.54) is 24.4 Å². The fourth-order valence-electron chi connectivity index (χ4n) is 1.75. The van der Waals surface area contributed by atoms with Gasteiger partial charge in [-0.25, -0.2) is 5.43 Å². The minimum atomic E-state index is -0.770. The highest BCUT2D eigenvalue weighted by Gasteiger charge is 2.13. The van der Waals surface area contributed by atoms with Crippen molar-refractivity contribution in [1.82, 2.24) is 5.43 Å². The molecule has 1 unspecified atom stereocenters. The van der Waals surface area contributed by atoms with Crippen LogP contribution in [0.4, 0.5) is 5.69 Å². The van der Waals surface area contributed by atoms with Crippen LogP contribution in [0.1, 0.15) is 12.5 Å². The number of halogens is 1. The number of non-ortho nitro benzene ring substituents is 1. The van der Waals surface area contributed by atoms with Crippen LogP contribution in [0.3, 0.4) is 0 Å². The molecule has 0 bridgehead atoms. The zero-order valence-electron chi connectivity index (χ0n) is 12.7. The first-order valence-corrected chi connectivity index (χ1v) is 7.33. The first-order valence-electron chi connectivity index (χ1n) is 6.95. The number of hydrogen-bond donors (Lipinski definition) is 1. The number of amides is 1. The minimum absolute atomic E-state index is 0.0512. The largest absolute Gasteiger partial charge is 0.481 e. The fraction of sp³-hybridized carbons (Fsp3) is 0.125. The van der Waals surface area contributed by atoms with E-state index in [0.717, 1.165) is 0 Å². The molecule has 124 valence electrons. The molecule has 8 heteroatoms. The zero-order valence-corrected chi connectivity index (χ0v) is 13.4. The van der Waals surface area contributed by atoms with Gasteiger partial charge in [-0.3, -0.25) is 14.9 Å². The van der Waals surface area contributed by atoms with E-state index in [1.54, 1.807) is 37.3 Å². The van der Waals surface area contributed by atoms with E-state index in [0.29, 0.717) is 16.3 Å². The number of hydrazone groups is 1. The normalized spacial score (nSPS) is 11.9. The number of rotatable bonds is 6. The van der Waals surface area contributed by atoms with Crippen molar-refractivity contribution in [3.05, 3.63) is 69.2 Å². The van der Waals surface area contributed by atoms with Gasteiger partial charge in [-0.1, -0.05) is 23.7 Å². The van der Waals surface area contributed by atoms with Crippen molar-refractivity contribution < 1.29 is 14.5 Å². The van der Waals surface area contributed by atoms with Crippen molar-refractivity contribution in [3.63, 3.8) is 0 Å². The van der Waals surface area contributed by atoms with Crippen molar-refractivity contribution >= 4 is 29.4 Å². The summed E-state index contributed by atoms with van der Waals surface area (Å²) in [5.74, 6) is 0.0522. The van der Waals surface area contributed by atoms with Crippen LogP contribution in [0.5, 0.6) is 5.75 Å². The third kappa shape index (κ3) is 5.06. The highest BCUT2D eigenvalue weighted by Crippen LogP contribution is 2.16. The summed E-state index contributed by atoms with van der Waals surface area (Å²) in [6.45, 7) is 1.58. The summed E-state index contributed by atoms with van der Waals surface area (Å²) in [6.07, 6.45) is 0.549. The fourth-order valence-corrected chi connectivity index (χ4v) is 1.88. The minimum Gasteiger partial charge on any atom is -0.481 e. The van der Waals surface area contributed by atoms with E-state index in [-0.39, 0.29) is 5.69 Å². The first-order chi connectivity index (χ1) is 11.5. The Labute approximate surface area is 143 Å². The Morgan fingerprint density at radius 3 is 2.71 bits per heavy atom. The molecule has 24 heavy (non-hydrogen) atoms. The van der Waals surface area contributed by atoms with Gasteiger partial charge < -0.3 is 4.74 Å². The molecule has 0 spiro atoms. The van der Waals surface area contributed by atoms with Gasteiger partial charge in [0.2, 0.25) is 0 Å². The van der Waals surface area contributed by atoms with Crippen LogP contribution in [0.15, 0.2) is 53.6 Å². The molecule has 0 aliphatic rings. The van der Waals surface area contributed by atoms with E-state index in [2.05, 4.69) is 10.5 Å². The van der Waals surface area contributed by atoms with Crippen LogP contribution in [0.2, 0.25) is 5.02 Å². The summed E-state index contributed by atoms with van der Waals surface area (Å²) in [7, 11) is 0. The van der Waals surface area contributed by atoms with E-state index < -0.39 is 16.9 Å². The van der Waals surface area contributed by atoms with Crippen LogP contribution in [-0.2, 0) is 4.79 Å². The summed E-state index contributed by atoms with van der Waals surface area (Å²) in [5.41, 5.74) is 2.77. The topological polar surface area (TPSA) is 93.8 Å². The molecule has 2 aromatic rings. The first kappa shape index (κ1) is 17.4. The number of nitrogens with one attached hydrogen (secondary N) is 1. The van der Waals surface area contributed by atoms with E-state index in [9.17, 15) is 14.9 Å². The number of carbonyl (C=O) groups is 1. The molecule has 1 atom stereocenters. The monoisotopic (exact) mass is 347 g/mol. The number of nitro benzene ring substituents is 1. The second-order valence-corrected chi connectivity index (χ2v) is 5.24. The van der Waals surface area contributed by atoms with Crippen molar-refractivity contribution in [2.75, 3.05) is 0 Å². The third-order valence-corrected chi connectivity index (χ3v) is 3.22. The molecular formula is C16H14ClN3O4. The zero-order chi connectivity index (χ0) is 17.5. The molecule has 1 N–H and O–H groups in total. The summed E-state index contributed by atoms with van der Waals surface area (Å²) < 4.78 is 5.45. The Hall–Kier alpha value is -2.93. The van der Waals surface area contributed by atoms with Crippen molar-refractivity contribution in [1.29, 1.82) is 0 Å². The average molecular weight is 348 g/mol. The number of benzene rings is 2. The molecule has 1 amide bonds. The van der Waals surface area contributed by atoms with Crippen molar-refractivity contribution in [3.8, 4) is 5.75 Å². The standard InChI is InChI=1S/C16H14ClN3O4/c1-11(24-15-7-5-13(17)6-8-15)16(21)19-18-10-12-3-2-4-14(9-12)20(22)23/h2-11H,1H3,(H,19,21)/b18-10-. The summed E-state index contributed by atoms with van der Waals surface area (Å²) >= 11 is 5.77. The SMILES string of the molecule is CC(Oc1ccc(Cl)cc1)C(=O)N/N=C\c1cccc([N+](=O)[O-])c1. The van der Waals surface area contributed by atoms with Gasteiger partial charge in [0.05, 0.1) is 11.1 Å². The summed E-state index contributed by atoms with van der Waals surface area (Å²) in [4.78, 5) is 22.1. The Morgan fingerprint density at radius 2 is 2.04 bits per heavy atom. The average Bonchev–Trinajstić information content (AvgIpc) is 2.57. The van der Waals surface area contributed by atoms with Gasteiger partial charge in [-0.15, -0.1) is 0 Å². The molecule has 0 fully saturated rings. The molecule has 0 aromatic heterocycles. The maximum Gasteiger partial charge on any atom is 0.280 e. The smallest absolute Gasteiger partial charge is 0.280 e. The maximum atomic E-state index is 11.9. The Bertz CT molecular complexity index is 762. The molecule has 0 aliphatic carbocycles. The van der Waals surface area contributed by atoms with Crippen LogP contribution in [0, 0.1) is 10.1 Å². The number of hydrogen-bond acceptors (Lipinski definition) is 5. The van der Waals surface area contributed by atoms with Crippen LogP contribution >= 0.6 is 11.6 Å². The predicted molar refractivity (Wildman–Crippen MR) is 90.4 cm³/mol. The number of ether oxygens (including phenoxy) is 1. The van der Waals surface area contributed by atoms with Gasteiger partial charge in [0.25, 0.3) is 11.6 Å². The summed E-state index contributed by atoms with van der Waals surface area (Å²) in [6, 6.07) is 12.5. The number of nitrogens with zero attached hydrogens (tertiary/aromatic N) is 2. The van der Waals surface area contributed by atoms with Crippen molar-refractivity contribution in [2.24, 2.45) is 5.10 Å². The lowest BCUT2D eigenvalue weighted by molar-refractivity contribution is -0.384. The lowest BCUT2D eigenvalue weighted by Crippen LogP contribution is -2.33. The molecule has 2 aromatic carbocycles. The van der Waals surface area contributed by atoms with Gasteiger partial charge in [-0.05, 0) is 31.2 Å². The third-order valence-electron chi connectivity index (χ3n) is 2.97. The quantitative estimate of drug-likeness (QED) is 0.493.